The van der Waals surface area contributed by atoms with Crippen LogP contribution in [-0.2, 0) is 0 Å². The molecular weight excluding hydrogens is 230 g/mol. The summed E-state index contributed by atoms with van der Waals surface area (Å²) < 4.78 is 1.99. The van der Waals surface area contributed by atoms with Crippen LogP contribution < -0.4 is 5.73 Å². The summed E-state index contributed by atoms with van der Waals surface area (Å²) >= 11 is 1.80. The molecule has 0 radical (unpaired) electrons. The first-order chi connectivity index (χ1) is 8.11. The molecular formula is C13H19N3S. The molecule has 0 fully saturated rings. The van der Waals surface area contributed by atoms with Crippen LogP contribution in [0.4, 0.5) is 0 Å². The van der Waals surface area contributed by atoms with E-state index < -0.39 is 0 Å². The van der Waals surface area contributed by atoms with Gasteiger partial charge >= 0.3 is 0 Å². The number of hydrogen-bond acceptors (Lipinski definition) is 3. The first-order valence-corrected chi connectivity index (χ1v) is 6.76. The van der Waals surface area contributed by atoms with Gasteiger partial charge < -0.3 is 5.73 Å². The van der Waals surface area contributed by atoms with Crippen molar-refractivity contribution in [3.8, 4) is 0 Å². The fourth-order valence-electron chi connectivity index (χ4n) is 1.96. The highest BCUT2D eigenvalue weighted by molar-refractivity contribution is 7.12. The number of aryl methyl sites for hydroxylation is 2. The van der Waals surface area contributed by atoms with Crippen LogP contribution in [0.2, 0.25) is 0 Å². The maximum atomic E-state index is 6.25. The van der Waals surface area contributed by atoms with Crippen molar-refractivity contribution in [1.82, 2.24) is 9.78 Å². The topological polar surface area (TPSA) is 43.8 Å². The molecule has 2 N–H and O–H groups in total. The van der Waals surface area contributed by atoms with Crippen molar-refractivity contribution in [3.63, 3.8) is 0 Å². The Morgan fingerprint density at radius 2 is 2.18 bits per heavy atom. The molecule has 0 aromatic carbocycles. The molecule has 92 valence electrons. The maximum Gasteiger partial charge on any atom is 0.101 e. The zero-order valence-electron chi connectivity index (χ0n) is 10.6. The SMILES string of the molecule is CCC(N)C(c1ccc(C)s1)n1cc(C)cn1. The van der Waals surface area contributed by atoms with E-state index in [1.165, 1.54) is 15.3 Å². The minimum absolute atomic E-state index is 0.104. The van der Waals surface area contributed by atoms with Gasteiger partial charge in [-0.05, 0) is 38.0 Å². The Balaban J connectivity index is 2.38. The molecule has 2 heterocycles. The summed E-state index contributed by atoms with van der Waals surface area (Å²) in [6, 6.07) is 4.57. The summed E-state index contributed by atoms with van der Waals surface area (Å²) in [6.07, 6.45) is 4.89. The minimum Gasteiger partial charge on any atom is -0.326 e. The van der Waals surface area contributed by atoms with Gasteiger partial charge in [0.2, 0.25) is 0 Å². The Bertz CT molecular complexity index is 446. The van der Waals surface area contributed by atoms with Crippen LogP contribution in [0.5, 0.6) is 0 Å². The first-order valence-electron chi connectivity index (χ1n) is 5.94. The van der Waals surface area contributed by atoms with E-state index in [0.717, 1.165) is 6.42 Å². The van der Waals surface area contributed by atoms with Crippen molar-refractivity contribution >= 4 is 11.3 Å². The van der Waals surface area contributed by atoms with E-state index >= 15 is 0 Å². The van der Waals surface area contributed by atoms with Gasteiger partial charge in [-0.1, -0.05) is 6.92 Å². The summed E-state index contributed by atoms with van der Waals surface area (Å²) in [7, 11) is 0. The van der Waals surface area contributed by atoms with Crippen LogP contribution in [-0.4, -0.2) is 15.8 Å². The number of hydrogen-bond donors (Lipinski definition) is 1. The lowest BCUT2D eigenvalue weighted by molar-refractivity contribution is 0.429. The van der Waals surface area contributed by atoms with E-state index in [1.807, 2.05) is 10.9 Å². The summed E-state index contributed by atoms with van der Waals surface area (Å²) in [4.78, 5) is 2.61. The summed E-state index contributed by atoms with van der Waals surface area (Å²) in [5.74, 6) is 0. The highest BCUT2D eigenvalue weighted by Crippen LogP contribution is 2.28. The van der Waals surface area contributed by atoms with Gasteiger partial charge in [0, 0.05) is 22.0 Å². The molecule has 17 heavy (non-hydrogen) atoms. The molecule has 2 aromatic heterocycles. The van der Waals surface area contributed by atoms with Gasteiger partial charge in [0.25, 0.3) is 0 Å². The van der Waals surface area contributed by atoms with Gasteiger partial charge in [-0.25, -0.2) is 0 Å². The summed E-state index contributed by atoms with van der Waals surface area (Å²) in [5.41, 5.74) is 7.42. The molecule has 0 aliphatic carbocycles. The average molecular weight is 249 g/mol. The van der Waals surface area contributed by atoms with Crippen LogP contribution in [0.15, 0.2) is 24.5 Å². The van der Waals surface area contributed by atoms with Gasteiger partial charge in [-0.15, -0.1) is 11.3 Å². The predicted molar refractivity (Wildman–Crippen MR) is 72.4 cm³/mol. The van der Waals surface area contributed by atoms with E-state index in [-0.39, 0.29) is 12.1 Å². The normalized spacial score (nSPS) is 14.8. The summed E-state index contributed by atoms with van der Waals surface area (Å²) in [5, 5.41) is 4.41. The third-order valence-electron chi connectivity index (χ3n) is 2.95. The van der Waals surface area contributed by atoms with E-state index in [1.54, 1.807) is 11.3 Å². The number of thiophene rings is 1. The second-order valence-corrected chi connectivity index (χ2v) is 5.78. The summed E-state index contributed by atoms with van der Waals surface area (Å²) in [6.45, 7) is 6.29. The fraction of sp³-hybridized carbons (Fsp3) is 0.462. The number of rotatable bonds is 4. The predicted octanol–water partition coefficient (Wildman–Crippen LogP) is 2.89. The van der Waals surface area contributed by atoms with E-state index in [9.17, 15) is 0 Å². The third kappa shape index (κ3) is 2.58. The largest absolute Gasteiger partial charge is 0.326 e. The molecule has 0 amide bonds. The van der Waals surface area contributed by atoms with Gasteiger partial charge in [-0.2, -0.15) is 5.10 Å². The number of aromatic nitrogens is 2. The number of nitrogens with two attached hydrogens (primary N) is 1. The van der Waals surface area contributed by atoms with Crippen molar-refractivity contribution in [1.29, 1.82) is 0 Å². The lowest BCUT2D eigenvalue weighted by Crippen LogP contribution is -2.32. The van der Waals surface area contributed by atoms with E-state index in [2.05, 4.69) is 44.2 Å². The molecule has 2 aromatic rings. The second kappa shape index (κ2) is 5.02. The smallest absolute Gasteiger partial charge is 0.101 e. The van der Waals surface area contributed by atoms with Crippen molar-refractivity contribution < 1.29 is 0 Å². The van der Waals surface area contributed by atoms with Crippen molar-refractivity contribution in [2.75, 3.05) is 0 Å². The highest BCUT2D eigenvalue weighted by atomic mass is 32.1. The standard InChI is InChI=1S/C13H19N3S/c1-4-11(14)13(12-6-5-10(3)17-12)16-8-9(2)7-15-16/h5-8,11,13H,4,14H2,1-3H3. The monoisotopic (exact) mass is 249 g/mol. The van der Waals surface area contributed by atoms with Crippen LogP contribution in [0.25, 0.3) is 0 Å². The van der Waals surface area contributed by atoms with Gasteiger partial charge in [0.1, 0.15) is 6.04 Å². The fourth-order valence-corrected chi connectivity index (χ4v) is 3.01. The van der Waals surface area contributed by atoms with Crippen molar-refractivity contribution in [2.24, 2.45) is 5.73 Å². The Hall–Kier alpha value is -1.13. The molecule has 2 rings (SSSR count). The van der Waals surface area contributed by atoms with E-state index in [4.69, 9.17) is 5.73 Å². The zero-order valence-corrected chi connectivity index (χ0v) is 11.4. The quantitative estimate of drug-likeness (QED) is 0.905. The van der Waals surface area contributed by atoms with E-state index in [0.29, 0.717) is 0 Å². The number of nitrogens with zero attached hydrogens (tertiary/aromatic N) is 2. The Kier molecular flexibility index (Phi) is 3.64. The third-order valence-corrected chi connectivity index (χ3v) is 4.02. The molecule has 0 spiro atoms. The van der Waals surface area contributed by atoms with Crippen LogP contribution >= 0.6 is 11.3 Å². The molecule has 0 saturated carbocycles. The lowest BCUT2D eigenvalue weighted by Gasteiger charge is -2.22. The van der Waals surface area contributed by atoms with Crippen LogP contribution in [0, 0.1) is 13.8 Å². The molecule has 0 bridgehead atoms. The highest BCUT2D eigenvalue weighted by Gasteiger charge is 2.22. The molecule has 4 heteroatoms. The van der Waals surface area contributed by atoms with Crippen LogP contribution in [0.1, 0.15) is 34.7 Å². The van der Waals surface area contributed by atoms with Crippen LogP contribution in [0.3, 0.4) is 0 Å². The van der Waals surface area contributed by atoms with Gasteiger partial charge in [0.05, 0.1) is 6.20 Å². The minimum atomic E-state index is 0.104. The molecule has 2 unspecified atom stereocenters. The Morgan fingerprint density at radius 1 is 1.41 bits per heavy atom. The molecule has 0 aliphatic rings. The average Bonchev–Trinajstić information content (AvgIpc) is 2.89. The maximum absolute atomic E-state index is 6.25. The molecule has 0 aliphatic heterocycles. The second-order valence-electron chi connectivity index (χ2n) is 4.46. The van der Waals surface area contributed by atoms with Gasteiger partial charge in [-0.3, -0.25) is 4.68 Å². The molecule has 3 nitrogen and oxygen atoms in total. The molecule has 0 saturated heterocycles. The van der Waals surface area contributed by atoms with Crippen molar-refractivity contribution in [3.05, 3.63) is 39.8 Å². The van der Waals surface area contributed by atoms with Crippen molar-refractivity contribution in [2.45, 2.75) is 39.3 Å². The van der Waals surface area contributed by atoms with Gasteiger partial charge in [0.15, 0.2) is 0 Å². The zero-order chi connectivity index (χ0) is 12.4. The Morgan fingerprint density at radius 3 is 2.65 bits per heavy atom. The first kappa shape index (κ1) is 12.3. The Labute approximate surface area is 106 Å². The lowest BCUT2D eigenvalue weighted by atomic mass is 10.1. The molecule has 2 atom stereocenters.